The minimum absolute atomic E-state index is 0.00617. The minimum atomic E-state index is -4.47. The Bertz CT molecular complexity index is 1980. The van der Waals surface area contributed by atoms with Crippen molar-refractivity contribution in [1.29, 1.82) is 0 Å². The molecule has 2 heterocycles. The molecule has 0 aliphatic heterocycles. The Hall–Kier alpha value is -5.19. The molecule has 0 spiro atoms. The number of Topliss-reactive ketones (excluding diaryl/α,β-unsaturated/α-hetero) is 2. The van der Waals surface area contributed by atoms with E-state index in [1.807, 2.05) is 0 Å². The fourth-order valence-corrected chi connectivity index (χ4v) is 6.93. The Morgan fingerprint density at radius 3 is 1.36 bits per heavy atom. The number of rotatable bonds is 12. The Kier molecular flexibility index (Phi) is 12.4. The Labute approximate surface area is 310 Å². The van der Waals surface area contributed by atoms with Gasteiger partial charge in [0, 0.05) is 48.5 Å². The number of nitrogens with two attached hydrogens (primary N) is 1. The van der Waals surface area contributed by atoms with E-state index in [2.05, 4.69) is 19.9 Å². The van der Waals surface area contributed by atoms with Gasteiger partial charge in [-0.15, -0.1) is 0 Å². The standard InChI is InChI=1S/C20H18F5N3O2.C18H18F3N3O/c21-17(22)18(30)28-11-15(29)12-9-26-16(27-10-12)8-19(6-3-7-19)13-4-1-2-5-14(13)20(23,24)25;19-18(20,21)14-5-2-1-4-13(14)17(6-3-7-17)8-16-23-10-12(11-24-16)15(25)9-22/h1-2,4-5,9-10,17H,3,6-8,11H2,(H,28,30);1-2,4-5,10-11H,3,6-9,22H2. The highest BCUT2D eigenvalue weighted by atomic mass is 19.4. The zero-order valence-corrected chi connectivity index (χ0v) is 29.2. The number of alkyl halides is 8. The highest BCUT2D eigenvalue weighted by Crippen LogP contribution is 2.51. The van der Waals surface area contributed by atoms with Crippen molar-refractivity contribution in [2.24, 2.45) is 5.73 Å². The second kappa shape index (κ2) is 16.7. The molecule has 3 N–H and O–H groups in total. The molecule has 0 radical (unpaired) electrons. The predicted octanol–water partition coefficient (Wildman–Crippen LogP) is 7.03. The van der Waals surface area contributed by atoms with Crippen molar-refractivity contribution >= 4 is 17.5 Å². The van der Waals surface area contributed by atoms with E-state index in [1.54, 1.807) is 23.5 Å². The van der Waals surface area contributed by atoms with Gasteiger partial charge in [-0.3, -0.25) is 14.4 Å². The van der Waals surface area contributed by atoms with E-state index in [0.717, 1.165) is 25.0 Å². The van der Waals surface area contributed by atoms with E-state index in [9.17, 15) is 49.5 Å². The molecule has 6 rings (SSSR count). The first-order valence-electron chi connectivity index (χ1n) is 17.3. The number of carbonyl (C=O) groups excluding carboxylic acids is 3. The van der Waals surface area contributed by atoms with Gasteiger partial charge in [0.2, 0.25) is 0 Å². The maximum Gasteiger partial charge on any atom is 0.416 e. The topological polar surface area (TPSA) is 141 Å². The van der Waals surface area contributed by atoms with Gasteiger partial charge in [-0.2, -0.15) is 35.1 Å². The summed E-state index contributed by atoms with van der Waals surface area (Å²) in [5.41, 5.74) is 3.52. The SMILES string of the molecule is NCC(=O)c1cnc(CC2(c3ccccc3C(F)(F)F)CCC2)nc1.O=C(CNC(=O)C(F)F)c1cnc(CC2(c3ccccc3C(F)(F)F)CCC2)nc1. The summed E-state index contributed by atoms with van der Waals surface area (Å²) >= 11 is 0. The molecule has 2 aromatic carbocycles. The normalized spacial score (nSPS) is 15.9. The van der Waals surface area contributed by atoms with Crippen molar-refractivity contribution in [2.75, 3.05) is 13.1 Å². The molecule has 1 amide bonds. The van der Waals surface area contributed by atoms with Crippen LogP contribution in [0.4, 0.5) is 35.1 Å². The molecule has 17 heteroatoms. The van der Waals surface area contributed by atoms with Crippen molar-refractivity contribution in [3.05, 3.63) is 118 Å². The van der Waals surface area contributed by atoms with Gasteiger partial charge < -0.3 is 11.1 Å². The number of nitrogens with one attached hydrogen (secondary N) is 1. The monoisotopic (exact) mass is 776 g/mol. The summed E-state index contributed by atoms with van der Waals surface area (Å²) in [6.45, 7) is -0.764. The maximum absolute atomic E-state index is 13.5. The van der Waals surface area contributed by atoms with Crippen LogP contribution in [0.3, 0.4) is 0 Å². The highest BCUT2D eigenvalue weighted by molar-refractivity contribution is 5.99. The fourth-order valence-electron chi connectivity index (χ4n) is 6.93. The molecule has 292 valence electrons. The molecular formula is C38H36F8N6O3. The Balaban J connectivity index is 0.000000214. The van der Waals surface area contributed by atoms with Crippen molar-refractivity contribution in [3.63, 3.8) is 0 Å². The van der Waals surface area contributed by atoms with E-state index in [4.69, 9.17) is 5.73 Å². The number of ketones is 2. The van der Waals surface area contributed by atoms with E-state index in [1.165, 1.54) is 43.0 Å². The van der Waals surface area contributed by atoms with Gasteiger partial charge in [-0.1, -0.05) is 49.2 Å². The second-order valence-electron chi connectivity index (χ2n) is 13.6. The summed E-state index contributed by atoms with van der Waals surface area (Å²) in [6, 6.07) is 11.2. The number of amides is 1. The van der Waals surface area contributed by atoms with Crippen molar-refractivity contribution in [2.45, 2.75) is 81.0 Å². The van der Waals surface area contributed by atoms with Crippen molar-refractivity contribution in [1.82, 2.24) is 25.3 Å². The van der Waals surface area contributed by atoms with E-state index >= 15 is 0 Å². The zero-order chi connectivity index (χ0) is 40.0. The molecule has 55 heavy (non-hydrogen) atoms. The van der Waals surface area contributed by atoms with Crippen LogP contribution in [0.5, 0.6) is 0 Å². The quantitative estimate of drug-likeness (QED) is 0.116. The zero-order valence-electron chi connectivity index (χ0n) is 29.2. The summed E-state index contributed by atoms with van der Waals surface area (Å²) in [6.07, 6.45) is -2.36. The Morgan fingerprint density at radius 2 is 1.04 bits per heavy atom. The largest absolute Gasteiger partial charge is 0.416 e. The van der Waals surface area contributed by atoms with E-state index in [-0.39, 0.29) is 35.7 Å². The van der Waals surface area contributed by atoms with Crippen LogP contribution in [0, 0.1) is 0 Å². The lowest BCUT2D eigenvalue weighted by atomic mass is 9.61. The van der Waals surface area contributed by atoms with Gasteiger partial charge in [0.1, 0.15) is 11.6 Å². The third-order valence-electron chi connectivity index (χ3n) is 10.1. The van der Waals surface area contributed by atoms with Crippen LogP contribution < -0.4 is 11.1 Å². The molecule has 2 aliphatic carbocycles. The smallest absolute Gasteiger partial charge is 0.344 e. The molecule has 9 nitrogen and oxygen atoms in total. The van der Waals surface area contributed by atoms with Gasteiger partial charge in [-0.05, 0) is 48.9 Å². The van der Waals surface area contributed by atoms with Gasteiger partial charge in [0.25, 0.3) is 5.91 Å². The molecule has 2 aliphatic rings. The van der Waals surface area contributed by atoms with Crippen LogP contribution in [-0.4, -0.2) is 56.9 Å². The molecule has 0 atom stereocenters. The number of hydrogen-bond acceptors (Lipinski definition) is 8. The van der Waals surface area contributed by atoms with Crippen molar-refractivity contribution < 1.29 is 49.5 Å². The third kappa shape index (κ3) is 9.55. The van der Waals surface area contributed by atoms with E-state index in [0.29, 0.717) is 49.1 Å². The van der Waals surface area contributed by atoms with Crippen molar-refractivity contribution in [3.8, 4) is 0 Å². The summed E-state index contributed by atoms with van der Waals surface area (Å²) in [5.74, 6) is -1.77. The number of nitrogens with zero attached hydrogens (tertiary/aromatic N) is 4. The highest BCUT2D eigenvalue weighted by Gasteiger charge is 2.47. The average molecular weight is 777 g/mol. The number of aromatic nitrogens is 4. The van der Waals surface area contributed by atoms with Crippen LogP contribution in [0.15, 0.2) is 73.3 Å². The lowest BCUT2D eigenvalue weighted by molar-refractivity contribution is -0.140. The first-order chi connectivity index (χ1) is 26.0. The van der Waals surface area contributed by atoms with Gasteiger partial charge in [-0.25, -0.2) is 19.9 Å². The first-order valence-corrected chi connectivity index (χ1v) is 17.3. The lowest BCUT2D eigenvalue weighted by Gasteiger charge is -2.43. The molecular weight excluding hydrogens is 740 g/mol. The molecule has 0 bridgehead atoms. The van der Waals surface area contributed by atoms with Crippen LogP contribution in [0.1, 0.15) is 93.1 Å². The lowest BCUT2D eigenvalue weighted by Crippen LogP contribution is -2.39. The average Bonchev–Trinajstić information content (AvgIpc) is 3.13. The number of carbonyl (C=O) groups is 3. The van der Waals surface area contributed by atoms with Gasteiger partial charge >= 0.3 is 18.8 Å². The molecule has 2 saturated carbocycles. The van der Waals surface area contributed by atoms with Crippen LogP contribution >= 0.6 is 0 Å². The van der Waals surface area contributed by atoms with Crippen LogP contribution in [0.2, 0.25) is 0 Å². The fraction of sp³-hybridized carbons (Fsp3) is 0.395. The van der Waals surface area contributed by atoms with Crippen LogP contribution in [0.25, 0.3) is 0 Å². The maximum atomic E-state index is 13.5. The summed E-state index contributed by atoms with van der Waals surface area (Å²) in [5, 5.41) is 1.79. The predicted molar refractivity (Wildman–Crippen MR) is 182 cm³/mol. The summed E-state index contributed by atoms with van der Waals surface area (Å²) in [4.78, 5) is 50.8. The molecule has 0 saturated heterocycles. The number of benzene rings is 2. The molecule has 2 fully saturated rings. The molecule has 0 unspecified atom stereocenters. The van der Waals surface area contributed by atoms with Gasteiger partial charge in [0.05, 0.1) is 35.3 Å². The summed E-state index contributed by atoms with van der Waals surface area (Å²) in [7, 11) is 0. The van der Waals surface area contributed by atoms with Crippen LogP contribution in [-0.2, 0) is 40.8 Å². The van der Waals surface area contributed by atoms with E-state index < -0.39 is 59.0 Å². The third-order valence-corrected chi connectivity index (χ3v) is 10.1. The summed E-state index contributed by atoms with van der Waals surface area (Å²) < 4.78 is 105. The van der Waals surface area contributed by atoms with Gasteiger partial charge in [0.15, 0.2) is 11.6 Å². The Morgan fingerprint density at radius 1 is 0.655 bits per heavy atom. The number of hydrogen-bond donors (Lipinski definition) is 2. The number of halogens is 8. The minimum Gasteiger partial charge on any atom is -0.344 e. The first kappa shape index (κ1) is 41.0. The molecule has 2 aromatic heterocycles. The molecule has 4 aromatic rings. The second-order valence-corrected chi connectivity index (χ2v) is 13.6.